The van der Waals surface area contributed by atoms with Gasteiger partial charge < -0.3 is 10.1 Å². The van der Waals surface area contributed by atoms with Gasteiger partial charge in [0.05, 0.1) is 0 Å². The summed E-state index contributed by atoms with van der Waals surface area (Å²) in [5.41, 5.74) is 4.05. The molecule has 0 radical (unpaired) electrons. The Balaban J connectivity index is 0.00000180. The Labute approximate surface area is 230 Å². The van der Waals surface area contributed by atoms with E-state index in [1.165, 1.54) is 35.4 Å². The minimum Gasteiger partial charge on any atom is -0.492 e. The van der Waals surface area contributed by atoms with Crippen LogP contribution in [0.1, 0.15) is 42.0 Å². The van der Waals surface area contributed by atoms with Gasteiger partial charge in [0.25, 0.3) is 0 Å². The molecule has 1 unspecified atom stereocenters. The van der Waals surface area contributed by atoms with Crippen LogP contribution in [0.2, 0.25) is 5.02 Å². The maximum absolute atomic E-state index is 12.3. The fraction of sp³-hybridized carbons (Fsp3) is 0.346. The molecule has 1 saturated carbocycles. The first-order valence-corrected chi connectivity index (χ1v) is 13.5. The molecule has 5 rings (SSSR count). The minimum absolute atomic E-state index is 0. The molecule has 2 aromatic carbocycles. The Hall–Kier alpha value is -1.87. The Morgan fingerprint density at radius 1 is 1.11 bits per heavy atom. The van der Waals surface area contributed by atoms with Gasteiger partial charge in [0.2, 0.25) is 10.0 Å². The van der Waals surface area contributed by atoms with Crippen LogP contribution in [0.15, 0.2) is 71.9 Å². The SMILES string of the molecule is Cl.Cl.O=S(=O)(NCCOc1ccc2c(c1)CCNC2C1(c2ccc(Cl)cc2)CCC1)c1cccnc1. The molecule has 6 nitrogen and oxygen atoms in total. The number of halogens is 3. The predicted octanol–water partition coefficient (Wildman–Crippen LogP) is 5.24. The second kappa shape index (κ2) is 12.1. The summed E-state index contributed by atoms with van der Waals surface area (Å²) in [4.78, 5) is 4.01. The van der Waals surface area contributed by atoms with Crippen LogP contribution in [-0.4, -0.2) is 33.1 Å². The minimum atomic E-state index is -3.59. The van der Waals surface area contributed by atoms with Crippen molar-refractivity contribution in [1.29, 1.82) is 0 Å². The first-order valence-electron chi connectivity index (χ1n) is 11.6. The third-order valence-corrected chi connectivity index (χ3v) is 8.69. The first kappa shape index (κ1) is 28.7. The Bertz CT molecular complexity index is 1250. The summed E-state index contributed by atoms with van der Waals surface area (Å²) in [6.07, 6.45) is 7.35. The van der Waals surface area contributed by atoms with Crippen LogP contribution in [0, 0.1) is 0 Å². The molecule has 0 amide bonds. The van der Waals surface area contributed by atoms with Crippen molar-refractivity contribution in [2.75, 3.05) is 19.7 Å². The molecule has 2 aliphatic rings. The van der Waals surface area contributed by atoms with E-state index in [1.54, 1.807) is 12.3 Å². The highest BCUT2D eigenvalue weighted by molar-refractivity contribution is 7.89. The largest absolute Gasteiger partial charge is 0.492 e. The molecular formula is C26H30Cl3N3O3S. The summed E-state index contributed by atoms with van der Waals surface area (Å²) in [5, 5.41) is 4.54. The molecule has 2 N–H and O–H groups in total. The maximum Gasteiger partial charge on any atom is 0.242 e. The zero-order chi connectivity index (χ0) is 23.6. The fourth-order valence-corrected chi connectivity index (χ4v) is 6.24. The zero-order valence-electron chi connectivity index (χ0n) is 19.7. The number of benzene rings is 2. The van der Waals surface area contributed by atoms with Gasteiger partial charge in [-0.1, -0.05) is 36.2 Å². The molecule has 3 aromatic rings. The van der Waals surface area contributed by atoms with Crippen molar-refractivity contribution in [2.45, 2.75) is 42.0 Å². The van der Waals surface area contributed by atoms with Gasteiger partial charge in [-0.25, -0.2) is 13.1 Å². The van der Waals surface area contributed by atoms with Gasteiger partial charge in [0.1, 0.15) is 17.3 Å². The summed E-state index contributed by atoms with van der Waals surface area (Å²) < 4.78 is 33.1. The number of pyridine rings is 1. The third kappa shape index (κ3) is 5.82. The zero-order valence-corrected chi connectivity index (χ0v) is 22.9. The van der Waals surface area contributed by atoms with Crippen LogP contribution < -0.4 is 14.8 Å². The van der Waals surface area contributed by atoms with Gasteiger partial charge in [-0.05, 0) is 78.9 Å². The molecule has 0 spiro atoms. The molecule has 0 bridgehead atoms. The van der Waals surface area contributed by atoms with E-state index < -0.39 is 10.0 Å². The van der Waals surface area contributed by atoms with Crippen LogP contribution in [0.5, 0.6) is 5.75 Å². The number of hydrogen-bond donors (Lipinski definition) is 2. The predicted molar refractivity (Wildman–Crippen MR) is 147 cm³/mol. The highest BCUT2D eigenvalue weighted by atomic mass is 35.5. The number of nitrogens with one attached hydrogen (secondary N) is 2. The van der Waals surface area contributed by atoms with E-state index in [4.69, 9.17) is 16.3 Å². The number of aromatic nitrogens is 1. The topological polar surface area (TPSA) is 80.3 Å². The van der Waals surface area contributed by atoms with Crippen LogP contribution in [0.4, 0.5) is 0 Å². The molecule has 2 heterocycles. The molecule has 1 atom stereocenters. The Morgan fingerprint density at radius 3 is 2.56 bits per heavy atom. The quantitative estimate of drug-likeness (QED) is 0.362. The van der Waals surface area contributed by atoms with Gasteiger partial charge >= 0.3 is 0 Å². The lowest BCUT2D eigenvalue weighted by molar-refractivity contribution is 0.164. The Kier molecular flexibility index (Phi) is 9.66. The van der Waals surface area contributed by atoms with Crippen molar-refractivity contribution < 1.29 is 13.2 Å². The van der Waals surface area contributed by atoms with Gasteiger partial charge in [0.15, 0.2) is 0 Å². The smallest absolute Gasteiger partial charge is 0.242 e. The molecule has 36 heavy (non-hydrogen) atoms. The lowest BCUT2D eigenvalue weighted by atomic mass is 9.58. The van der Waals surface area contributed by atoms with E-state index in [1.807, 2.05) is 18.2 Å². The second-order valence-corrected chi connectivity index (χ2v) is 11.2. The molecule has 1 aromatic heterocycles. The summed E-state index contributed by atoms with van der Waals surface area (Å²) in [5.74, 6) is 0.758. The highest BCUT2D eigenvalue weighted by Crippen LogP contribution is 2.53. The van der Waals surface area contributed by atoms with Crippen LogP contribution in [0.3, 0.4) is 0 Å². The van der Waals surface area contributed by atoms with Crippen LogP contribution in [-0.2, 0) is 21.9 Å². The molecule has 1 aliphatic heterocycles. The van der Waals surface area contributed by atoms with E-state index in [2.05, 4.69) is 39.3 Å². The number of ether oxygens (including phenoxy) is 1. The van der Waals surface area contributed by atoms with Gasteiger partial charge in [0, 0.05) is 35.4 Å². The van der Waals surface area contributed by atoms with Gasteiger partial charge in [-0.3, -0.25) is 4.98 Å². The molecular weight excluding hydrogens is 541 g/mol. The monoisotopic (exact) mass is 569 g/mol. The maximum atomic E-state index is 12.3. The number of fused-ring (bicyclic) bond motifs is 1. The van der Waals surface area contributed by atoms with E-state index in [0.29, 0.717) is 0 Å². The normalized spacial score (nSPS) is 18.1. The molecule has 194 valence electrons. The van der Waals surface area contributed by atoms with Crippen molar-refractivity contribution in [3.63, 3.8) is 0 Å². The highest BCUT2D eigenvalue weighted by Gasteiger charge is 2.47. The number of sulfonamides is 1. The average Bonchev–Trinajstić information content (AvgIpc) is 2.83. The fourth-order valence-electron chi connectivity index (χ4n) is 5.14. The van der Waals surface area contributed by atoms with Crippen molar-refractivity contribution in [1.82, 2.24) is 15.0 Å². The van der Waals surface area contributed by atoms with Crippen molar-refractivity contribution >= 4 is 46.4 Å². The van der Waals surface area contributed by atoms with Gasteiger partial charge in [-0.15, -0.1) is 24.8 Å². The number of rotatable bonds is 8. The Morgan fingerprint density at radius 2 is 1.89 bits per heavy atom. The lowest BCUT2D eigenvalue weighted by Gasteiger charge is -2.50. The molecule has 1 fully saturated rings. The van der Waals surface area contributed by atoms with Gasteiger partial charge in [-0.2, -0.15) is 0 Å². The number of hydrogen-bond acceptors (Lipinski definition) is 5. The van der Waals surface area contributed by atoms with Crippen molar-refractivity contribution in [2.24, 2.45) is 0 Å². The van der Waals surface area contributed by atoms with Crippen LogP contribution in [0.25, 0.3) is 0 Å². The van der Waals surface area contributed by atoms with Crippen LogP contribution >= 0.6 is 36.4 Å². The van der Waals surface area contributed by atoms with Crippen molar-refractivity contribution in [3.8, 4) is 5.75 Å². The summed E-state index contributed by atoms with van der Waals surface area (Å²) in [6.45, 7) is 1.34. The summed E-state index contributed by atoms with van der Waals surface area (Å²) in [6, 6.07) is 17.9. The molecule has 1 aliphatic carbocycles. The first-order chi connectivity index (χ1) is 16.5. The van der Waals surface area contributed by atoms with E-state index in [9.17, 15) is 8.42 Å². The second-order valence-electron chi connectivity index (χ2n) is 8.95. The standard InChI is InChI=1S/C26H28ClN3O3S.2ClH/c27-21-6-4-20(5-7-21)26(11-2-12-26)25-24-9-8-22(17-19(24)10-14-29-25)33-16-15-30-34(31,32)23-3-1-13-28-18-23;;/h1,3-9,13,17-18,25,29-30H,2,10-12,14-16H2;2*1H. The van der Waals surface area contributed by atoms with Crippen molar-refractivity contribution in [3.05, 3.63) is 88.7 Å². The van der Waals surface area contributed by atoms with E-state index in [0.717, 1.165) is 36.6 Å². The molecule has 0 saturated heterocycles. The van der Waals surface area contributed by atoms with E-state index in [-0.39, 0.29) is 54.3 Å². The van der Waals surface area contributed by atoms with E-state index >= 15 is 0 Å². The third-order valence-electron chi connectivity index (χ3n) is 6.99. The summed E-state index contributed by atoms with van der Waals surface area (Å²) in [7, 11) is -3.59. The molecule has 10 heteroatoms. The summed E-state index contributed by atoms with van der Waals surface area (Å²) >= 11 is 6.15. The average molecular weight is 571 g/mol. The lowest BCUT2D eigenvalue weighted by Crippen LogP contribution is -2.49. The number of nitrogens with zero attached hydrogens (tertiary/aromatic N) is 1.